The van der Waals surface area contributed by atoms with E-state index in [2.05, 4.69) is 5.48 Å². The number of hydrogen-bond donors (Lipinski definition) is 1. The van der Waals surface area contributed by atoms with Crippen molar-refractivity contribution in [1.82, 2.24) is 15.4 Å². The molecule has 1 aliphatic rings. The molecule has 0 atom stereocenters. The summed E-state index contributed by atoms with van der Waals surface area (Å²) in [6, 6.07) is 22.5. The lowest BCUT2D eigenvalue weighted by molar-refractivity contribution is 0.0400. The van der Waals surface area contributed by atoms with E-state index in [9.17, 15) is 9.59 Å². The number of nitrogens with zero attached hydrogens (tertiary/aromatic N) is 2. The van der Waals surface area contributed by atoms with Crippen LogP contribution in [0.1, 0.15) is 21.6 Å². The Morgan fingerprint density at radius 2 is 1.64 bits per heavy atom. The van der Waals surface area contributed by atoms with Crippen molar-refractivity contribution in [3.05, 3.63) is 89.6 Å². The average Bonchev–Trinajstić information content (AvgIpc) is 2.77. The van der Waals surface area contributed by atoms with Gasteiger partial charge in [0.25, 0.3) is 5.91 Å². The summed E-state index contributed by atoms with van der Waals surface area (Å²) < 4.78 is 0. The number of fused-ring (bicyclic) bond motifs is 1. The molecule has 1 aliphatic heterocycles. The third kappa shape index (κ3) is 3.86. The summed E-state index contributed by atoms with van der Waals surface area (Å²) in [5.41, 5.74) is 6.59. The van der Waals surface area contributed by atoms with Gasteiger partial charge in [0.15, 0.2) is 0 Å². The molecule has 140 valence electrons. The van der Waals surface area contributed by atoms with E-state index in [1.54, 1.807) is 29.2 Å². The van der Waals surface area contributed by atoms with Crippen LogP contribution in [-0.2, 0) is 17.8 Å². The zero-order chi connectivity index (χ0) is 19.3. The highest BCUT2D eigenvalue weighted by Gasteiger charge is 2.24. The largest absolute Gasteiger partial charge is 0.434 e. The molecule has 6 nitrogen and oxygen atoms in total. The van der Waals surface area contributed by atoms with Gasteiger partial charge in [0.05, 0.1) is 12.2 Å². The summed E-state index contributed by atoms with van der Waals surface area (Å²) >= 11 is 0. The van der Waals surface area contributed by atoms with Crippen LogP contribution in [0.3, 0.4) is 0 Å². The predicted molar refractivity (Wildman–Crippen MR) is 104 cm³/mol. The lowest BCUT2D eigenvalue weighted by Crippen LogP contribution is -2.40. The van der Waals surface area contributed by atoms with Crippen LogP contribution in [-0.4, -0.2) is 28.4 Å². The van der Waals surface area contributed by atoms with Gasteiger partial charge in [0.2, 0.25) is 0 Å². The van der Waals surface area contributed by atoms with Gasteiger partial charge in [-0.25, -0.2) is 4.79 Å². The lowest BCUT2D eigenvalue weighted by atomic mass is 10.0. The maximum absolute atomic E-state index is 12.3. The fourth-order valence-electron chi connectivity index (χ4n) is 3.14. The summed E-state index contributed by atoms with van der Waals surface area (Å²) in [7, 11) is 0. The molecule has 0 radical (unpaired) electrons. The van der Waals surface area contributed by atoms with Crippen molar-refractivity contribution in [1.29, 1.82) is 0 Å². The Kier molecular flexibility index (Phi) is 5.01. The first-order valence-electron chi connectivity index (χ1n) is 9.06. The van der Waals surface area contributed by atoms with Crippen molar-refractivity contribution in [3.8, 4) is 11.3 Å². The summed E-state index contributed by atoms with van der Waals surface area (Å²) in [6.45, 7) is 0.885. The monoisotopic (exact) mass is 373 g/mol. The first kappa shape index (κ1) is 17.7. The fourth-order valence-corrected chi connectivity index (χ4v) is 3.14. The second-order valence-electron chi connectivity index (χ2n) is 6.51. The molecule has 1 N–H and O–H groups in total. The maximum Gasteiger partial charge on any atom is 0.434 e. The third-order valence-corrected chi connectivity index (χ3v) is 4.64. The topological polar surface area (TPSA) is 71.5 Å². The molecule has 0 saturated heterocycles. The zero-order valence-corrected chi connectivity index (χ0v) is 15.2. The Morgan fingerprint density at radius 1 is 0.929 bits per heavy atom. The molecule has 3 aromatic rings. The molecule has 0 unspecified atom stereocenters. The van der Waals surface area contributed by atoms with Crippen molar-refractivity contribution in [2.45, 2.75) is 13.0 Å². The SMILES string of the molecule is O=C(NOC(=O)N1CCc2nc(-c3ccccc3)ccc2C1)c1ccccc1. The number of hydrogen-bond acceptors (Lipinski definition) is 4. The standard InChI is InChI=1S/C22H19N3O3/c26-21(17-9-5-2-6-10-17)24-28-22(27)25-14-13-20-18(15-25)11-12-19(23-20)16-7-3-1-4-8-16/h1-12H,13-15H2,(H,24,26). The highest BCUT2D eigenvalue weighted by molar-refractivity contribution is 5.94. The molecule has 0 spiro atoms. The van der Waals surface area contributed by atoms with Gasteiger partial charge in [-0.3, -0.25) is 9.78 Å². The van der Waals surface area contributed by atoms with Crippen LogP contribution in [0.4, 0.5) is 4.79 Å². The quantitative estimate of drug-likeness (QED) is 0.697. The van der Waals surface area contributed by atoms with E-state index in [0.29, 0.717) is 25.1 Å². The molecule has 0 bridgehead atoms. The van der Waals surface area contributed by atoms with E-state index in [4.69, 9.17) is 9.82 Å². The van der Waals surface area contributed by atoms with Crippen LogP contribution in [0, 0.1) is 0 Å². The van der Waals surface area contributed by atoms with Crippen molar-refractivity contribution in [3.63, 3.8) is 0 Å². The normalized spacial score (nSPS) is 12.8. The smallest absolute Gasteiger partial charge is 0.321 e. The van der Waals surface area contributed by atoms with Gasteiger partial charge in [0.1, 0.15) is 0 Å². The highest BCUT2D eigenvalue weighted by Crippen LogP contribution is 2.23. The number of aromatic nitrogens is 1. The second-order valence-corrected chi connectivity index (χ2v) is 6.51. The fraction of sp³-hybridized carbons (Fsp3) is 0.136. The number of benzene rings is 2. The van der Waals surface area contributed by atoms with Gasteiger partial charge in [0, 0.05) is 29.8 Å². The van der Waals surface area contributed by atoms with E-state index in [1.165, 1.54) is 0 Å². The number of rotatable bonds is 2. The summed E-state index contributed by atoms with van der Waals surface area (Å²) in [5.74, 6) is -0.458. The molecule has 0 fully saturated rings. The first-order chi connectivity index (χ1) is 13.7. The molecule has 0 saturated carbocycles. The van der Waals surface area contributed by atoms with Gasteiger partial charge in [-0.05, 0) is 23.8 Å². The van der Waals surface area contributed by atoms with Gasteiger partial charge in [-0.1, -0.05) is 54.6 Å². The Balaban J connectivity index is 1.38. The molecule has 28 heavy (non-hydrogen) atoms. The Morgan fingerprint density at radius 3 is 2.39 bits per heavy atom. The molecule has 2 amide bonds. The van der Waals surface area contributed by atoms with Gasteiger partial charge < -0.3 is 9.74 Å². The van der Waals surface area contributed by atoms with Crippen LogP contribution >= 0.6 is 0 Å². The molecule has 2 aromatic carbocycles. The first-order valence-corrected chi connectivity index (χ1v) is 9.06. The molecule has 2 heterocycles. The minimum atomic E-state index is -0.581. The van der Waals surface area contributed by atoms with Crippen LogP contribution < -0.4 is 5.48 Å². The minimum absolute atomic E-state index is 0.400. The van der Waals surface area contributed by atoms with E-state index < -0.39 is 12.0 Å². The molecule has 0 aliphatic carbocycles. The van der Waals surface area contributed by atoms with Crippen molar-refractivity contribution in [2.75, 3.05) is 6.54 Å². The maximum atomic E-state index is 12.3. The van der Waals surface area contributed by atoms with Crippen LogP contribution in [0.15, 0.2) is 72.8 Å². The number of amides is 2. The molecular weight excluding hydrogens is 354 g/mol. The summed E-state index contributed by atoms with van der Waals surface area (Å²) in [6.07, 6.45) is 0.0552. The van der Waals surface area contributed by atoms with Crippen LogP contribution in [0.2, 0.25) is 0 Å². The van der Waals surface area contributed by atoms with E-state index in [1.807, 2.05) is 48.5 Å². The molecule has 4 rings (SSSR count). The Labute approximate surface area is 162 Å². The number of hydroxylamine groups is 1. The Hall–Kier alpha value is -3.67. The predicted octanol–water partition coefficient (Wildman–Crippen LogP) is 3.59. The van der Waals surface area contributed by atoms with Gasteiger partial charge in [-0.15, -0.1) is 0 Å². The van der Waals surface area contributed by atoms with Crippen molar-refractivity contribution in [2.24, 2.45) is 0 Å². The second kappa shape index (κ2) is 7.92. The van der Waals surface area contributed by atoms with Crippen molar-refractivity contribution >= 4 is 12.0 Å². The minimum Gasteiger partial charge on any atom is -0.321 e. The number of nitrogens with one attached hydrogen (secondary N) is 1. The molecule has 1 aromatic heterocycles. The molecule has 6 heteroatoms. The van der Waals surface area contributed by atoms with E-state index in [0.717, 1.165) is 22.5 Å². The van der Waals surface area contributed by atoms with Gasteiger partial charge in [-0.2, -0.15) is 5.48 Å². The van der Waals surface area contributed by atoms with Gasteiger partial charge >= 0.3 is 6.09 Å². The Bertz CT molecular complexity index is 990. The summed E-state index contributed by atoms with van der Waals surface area (Å²) in [5, 5.41) is 0. The van der Waals surface area contributed by atoms with E-state index >= 15 is 0 Å². The lowest BCUT2D eigenvalue weighted by Gasteiger charge is -2.27. The number of carbonyl (C=O) groups is 2. The molecular formula is C22H19N3O3. The van der Waals surface area contributed by atoms with Crippen LogP contribution in [0.25, 0.3) is 11.3 Å². The average molecular weight is 373 g/mol. The zero-order valence-electron chi connectivity index (χ0n) is 15.2. The van der Waals surface area contributed by atoms with E-state index in [-0.39, 0.29) is 0 Å². The van der Waals surface area contributed by atoms with Crippen molar-refractivity contribution < 1.29 is 14.4 Å². The number of carbonyl (C=O) groups excluding carboxylic acids is 2. The third-order valence-electron chi connectivity index (χ3n) is 4.64. The van der Waals surface area contributed by atoms with Crippen LogP contribution in [0.5, 0.6) is 0 Å². The highest BCUT2D eigenvalue weighted by atomic mass is 16.7. The number of pyridine rings is 1. The summed E-state index contributed by atoms with van der Waals surface area (Å²) in [4.78, 5) is 35.6.